The summed E-state index contributed by atoms with van der Waals surface area (Å²) in [5.41, 5.74) is 8.61. The zero-order chi connectivity index (χ0) is 92.3. The zero-order valence-corrected chi connectivity index (χ0v) is 77.0. The van der Waals surface area contributed by atoms with Gasteiger partial charge in [0.05, 0.1) is 44.8 Å². The maximum atomic E-state index is 13.3. The van der Waals surface area contributed by atoms with Gasteiger partial charge in [-0.2, -0.15) is 0 Å². The minimum atomic E-state index is -0.758. The summed E-state index contributed by atoms with van der Waals surface area (Å²) in [5, 5.41) is 21.0. The molecule has 0 amide bonds. The lowest BCUT2D eigenvalue weighted by Gasteiger charge is -2.14. The third kappa shape index (κ3) is 32.4. The van der Waals surface area contributed by atoms with Crippen LogP contribution in [-0.2, 0) is 39.3 Å². The Morgan fingerprint density at radius 2 is 0.641 bits per heavy atom. The molecule has 0 aliphatic carbocycles. The monoisotopic (exact) mass is 1740 g/mol. The van der Waals surface area contributed by atoms with E-state index in [1.54, 1.807) is 109 Å². The summed E-state index contributed by atoms with van der Waals surface area (Å²) in [6.07, 6.45) is 30.9. The number of aryl methyl sites for hydroxylation is 9. The number of unbranched alkanes of at least 4 members (excludes halogenated alkanes) is 6. The lowest BCUT2D eigenvalue weighted by molar-refractivity contribution is 0.580. The van der Waals surface area contributed by atoms with Crippen molar-refractivity contribution in [2.75, 3.05) is 71.2 Å². The summed E-state index contributed by atoms with van der Waals surface area (Å²) in [4.78, 5) is 124. The summed E-state index contributed by atoms with van der Waals surface area (Å²) in [5.74, 6) is 8.35. The molecule has 12 aromatic heterocycles. The lowest BCUT2D eigenvalue weighted by Crippen LogP contribution is -2.23. The van der Waals surface area contributed by atoms with Crippen molar-refractivity contribution in [1.82, 2.24) is 87.2 Å². The Labute approximate surface area is 749 Å². The second-order valence-electron chi connectivity index (χ2n) is 31.1. The molecule has 0 saturated heterocycles. The average Bonchev–Trinajstić information content (AvgIpc) is 0.791. The number of para-hydroxylation sites is 1. The van der Waals surface area contributed by atoms with Crippen molar-refractivity contribution in [1.29, 1.82) is 0 Å². The number of nitrogens with one attached hydrogen (secondary N) is 6. The molecule has 0 spiro atoms. The molecular formula is C97H127FN24O6. The van der Waals surface area contributed by atoms with Gasteiger partial charge in [0.2, 0.25) is 0 Å². The van der Waals surface area contributed by atoms with E-state index in [-0.39, 0.29) is 34.3 Å². The summed E-state index contributed by atoms with van der Waals surface area (Å²) in [6, 6.07) is 31.5. The number of pyridine rings is 6. The first-order chi connectivity index (χ1) is 61.8. The minimum Gasteiger partial charge on any atom is -0.370 e. The number of hydrogen-bond acceptors (Lipinski definition) is 24. The molecule has 128 heavy (non-hydrogen) atoms. The Bertz CT molecular complexity index is 6000. The normalized spacial score (nSPS) is 10.7. The fourth-order valence-electron chi connectivity index (χ4n) is 12.9. The van der Waals surface area contributed by atoms with Crippen molar-refractivity contribution >= 4 is 45.8 Å². The molecule has 0 unspecified atom stereocenters. The summed E-state index contributed by atoms with van der Waals surface area (Å²) in [6.45, 7) is 37.7. The van der Waals surface area contributed by atoms with E-state index in [4.69, 9.17) is 0 Å². The highest BCUT2D eigenvalue weighted by Gasteiger charge is 2.16. The van der Waals surface area contributed by atoms with E-state index in [2.05, 4.69) is 133 Å². The summed E-state index contributed by atoms with van der Waals surface area (Å²) < 4.78 is 23.1. The second kappa shape index (κ2) is 53.0. The second-order valence-corrected chi connectivity index (χ2v) is 31.1. The van der Waals surface area contributed by atoms with E-state index in [1.807, 2.05) is 136 Å². The fraction of sp³-hybridized carbons (Fsp3) is 0.402. The maximum Gasteiger partial charge on any atom is 0.286 e. The van der Waals surface area contributed by atoms with E-state index in [0.717, 1.165) is 242 Å². The largest absolute Gasteiger partial charge is 0.370 e. The number of anilines is 6. The minimum absolute atomic E-state index is 0.00455. The highest BCUT2D eigenvalue weighted by atomic mass is 19.1. The molecule has 13 rings (SSSR count). The van der Waals surface area contributed by atoms with E-state index in [9.17, 15) is 33.2 Å². The standard InChI is InChI=1S/C19H22N4O.3C16H22N4O.C15H19FN4O.C15H20N4O/c1-3-4-11-20-19-16(12-21-14(2)22-19)13-23-17-8-6-5-7-15(17)9-10-18(23)24;1-4-5-9-17-16-14(10-18-13(3)19-16)11-20-12(2)7-6-8-15(20)21;1-4-5-8-17-16-14(9-18-13(3)19-16)11-20-10-12(2)6-7-15(20)21;1-4-5-7-17-16-14(10-18-13(3)19-16)11-20-8-6-12(2)9-15(20)21;1-3-4-7-17-14-12(9-18-11(2)19-14)10-20-8-5-6-13(16)15(20)21;1-3-4-8-16-15-13(10-17-12(2)18-15)11-19-9-6-5-7-14(19)20/h5-10,12H,3-4,11,13H2,1-2H3,(H,20,21,22);6-8,10H,4-5,9,11H2,1-3H3,(H,17,18,19);6-7,9-10H,4-5,8,11H2,1-3H3,(H,17,18,19);6,8-10H,4-5,7,11H2,1-3H3,(H,17,18,19);5-6,8-9H,3-4,7,10H2,1-2H3,(H,17,18,19);5-7,9-10H,3-4,8,11H2,1-2H3,(H,16,17,18). The molecule has 678 valence electrons. The molecule has 6 N–H and O–H groups in total. The molecular weight excluding hydrogens is 1620 g/mol. The summed E-state index contributed by atoms with van der Waals surface area (Å²) >= 11 is 0. The number of rotatable bonds is 36. The quantitative estimate of drug-likeness (QED) is 0.0199. The van der Waals surface area contributed by atoms with Gasteiger partial charge >= 0.3 is 0 Å². The van der Waals surface area contributed by atoms with Crippen LogP contribution in [0.1, 0.15) is 204 Å². The maximum absolute atomic E-state index is 13.3. The van der Waals surface area contributed by atoms with Crippen molar-refractivity contribution in [3.05, 3.63) is 324 Å². The SMILES string of the molecule is CCCCNc1nc(C)ncc1Cn1c(=O)ccc2ccccc21.CCCCNc1nc(C)ncc1Cn1c(C)cccc1=O.CCCCNc1nc(C)ncc1Cn1cc(C)ccc1=O.CCCCNc1nc(C)ncc1Cn1ccc(C)cc1=O.CCCCNc1nc(C)ncc1Cn1cccc(F)c1=O.CCCCNc1nc(C)ncc1Cn1ccccc1=O. The predicted octanol–water partition coefficient (Wildman–Crippen LogP) is 15.5. The van der Waals surface area contributed by atoms with Crippen LogP contribution in [-0.4, -0.2) is 126 Å². The van der Waals surface area contributed by atoms with Gasteiger partial charge in [0.15, 0.2) is 5.82 Å². The zero-order valence-electron chi connectivity index (χ0n) is 77.0. The molecule has 1 aromatic carbocycles. The van der Waals surface area contributed by atoms with Crippen LogP contribution in [0.5, 0.6) is 0 Å². The number of aromatic nitrogens is 18. The van der Waals surface area contributed by atoms with E-state index in [1.165, 1.54) is 10.6 Å². The van der Waals surface area contributed by atoms with E-state index < -0.39 is 11.4 Å². The van der Waals surface area contributed by atoms with Gasteiger partial charge in [0.25, 0.3) is 33.4 Å². The number of benzene rings is 1. The first-order valence-electron chi connectivity index (χ1n) is 44.3. The van der Waals surface area contributed by atoms with Crippen molar-refractivity contribution < 1.29 is 4.39 Å². The number of fused-ring (bicyclic) bond motifs is 1. The van der Waals surface area contributed by atoms with Gasteiger partial charge in [-0.25, -0.2) is 64.2 Å². The molecule has 30 nitrogen and oxygen atoms in total. The Kier molecular flexibility index (Phi) is 41.3. The fourth-order valence-corrected chi connectivity index (χ4v) is 12.9. The van der Waals surface area contributed by atoms with Crippen LogP contribution in [0.2, 0.25) is 0 Å². The highest BCUT2D eigenvalue weighted by Crippen LogP contribution is 2.22. The van der Waals surface area contributed by atoms with Crippen LogP contribution in [0.15, 0.2) is 200 Å². The average molecular weight is 1740 g/mol. The molecule has 0 saturated carbocycles. The van der Waals surface area contributed by atoms with Gasteiger partial charge in [-0.15, -0.1) is 0 Å². The Morgan fingerprint density at radius 3 is 1.05 bits per heavy atom. The summed E-state index contributed by atoms with van der Waals surface area (Å²) in [7, 11) is 0. The number of hydrogen-bond donors (Lipinski definition) is 6. The van der Waals surface area contributed by atoms with Gasteiger partial charge < -0.3 is 59.3 Å². The van der Waals surface area contributed by atoms with Crippen molar-refractivity contribution in [3.8, 4) is 0 Å². The molecule has 0 aliphatic heterocycles. The molecule has 0 aliphatic rings. The Hall–Kier alpha value is -13.6. The Balaban J connectivity index is 0.000000190. The first-order valence-corrected chi connectivity index (χ1v) is 44.3. The van der Waals surface area contributed by atoms with Crippen molar-refractivity contribution in [2.24, 2.45) is 0 Å². The van der Waals surface area contributed by atoms with Crippen LogP contribution in [0.25, 0.3) is 10.9 Å². The van der Waals surface area contributed by atoms with Gasteiger partial charge in [-0.05, 0) is 160 Å². The van der Waals surface area contributed by atoms with Crippen LogP contribution < -0.4 is 65.3 Å². The van der Waals surface area contributed by atoms with Gasteiger partial charge in [-0.3, -0.25) is 28.8 Å². The first kappa shape index (κ1) is 99.8. The van der Waals surface area contributed by atoms with Crippen LogP contribution in [0.3, 0.4) is 0 Å². The van der Waals surface area contributed by atoms with E-state index in [0.29, 0.717) is 44.4 Å². The lowest BCUT2D eigenvalue weighted by atomic mass is 10.2. The molecule has 12 heterocycles. The van der Waals surface area contributed by atoms with Gasteiger partial charge in [-0.1, -0.05) is 116 Å². The smallest absolute Gasteiger partial charge is 0.286 e. The molecule has 0 radical (unpaired) electrons. The topological polar surface area (TPSA) is 359 Å². The molecule has 0 bridgehead atoms. The van der Waals surface area contributed by atoms with Gasteiger partial charge in [0.1, 0.15) is 69.9 Å². The highest BCUT2D eigenvalue weighted by molar-refractivity contribution is 5.79. The molecule has 0 atom stereocenters. The van der Waals surface area contributed by atoms with Crippen molar-refractivity contribution in [3.63, 3.8) is 0 Å². The Morgan fingerprint density at radius 1 is 0.297 bits per heavy atom. The van der Waals surface area contributed by atoms with Crippen molar-refractivity contribution in [2.45, 2.75) is 220 Å². The van der Waals surface area contributed by atoms with E-state index >= 15 is 0 Å². The third-order valence-electron chi connectivity index (χ3n) is 20.2. The van der Waals surface area contributed by atoms with Crippen LogP contribution in [0, 0.1) is 68.1 Å². The molecule has 0 fully saturated rings. The van der Waals surface area contributed by atoms with Gasteiger partial charge in [0, 0.05) is 171 Å². The van der Waals surface area contributed by atoms with Crippen LogP contribution >= 0.6 is 0 Å². The number of nitrogens with zero attached hydrogens (tertiary/aromatic N) is 18. The molecule has 13 aromatic rings. The predicted molar refractivity (Wildman–Crippen MR) is 511 cm³/mol. The van der Waals surface area contributed by atoms with Crippen LogP contribution in [0.4, 0.5) is 39.3 Å². The number of halogens is 1. The third-order valence-corrected chi connectivity index (χ3v) is 20.2. The molecule has 31 heteroatoms.